The van der Waals surface area contributed by atoms with Crippen molar-refractivity contribution in [3.8, 4) is 11.3 Å². The SMILES string of the molecule is O=c1cc(-c2ccc(F)cc2)oc2cc(Br)cc(Br)c12. The summed E-state index contributed by atoms with van der Waals surface area (Å²) in [6.07, 6.45) is 0. The van der Waals surface area contributed by atoms with Crippen LogP contribution in [0.4, 0.5) is 4.39 Å². The standard InChI is InChI=1S/C15H7Br2FO2/c16-9-5-11(17)15-12(19)7-13(20-14(15)6-9)8-1-3-10(18)4-2-8/h1-7H. The molecule has 2 aromatic carbocycles. The largest absolute Gasteiger partial charge is 0.456 e. The van der Waals surface area contributed by atoms with E-state index >= 15 is 0 Å². The van der Waals surface area contributed by atoms with Crippen molar-refractivity contribution in [2.45, 2.75) is 0 Å². The molecule has 2 nitrogen and oxygen atoms in total. The van der Waals surface area contributed by atoms with E-state index in [0.29, 0.717) is 26.8 Å². The van der Waals surface area contributed by atoms with Gasteiger partial charge in [-0.15, -0.1) is 0 Å². The van der Waals surface area contributed by atoms with E-state index in [0.717, 1.165) is 4.47 Å². The molecule has 0 aliphatic carbocycles. The summed E-state index contributed by atoms with van der Waals surface area (Å²) in [5.74, 6) is 0.0786. The van der Waals surface area contributed by atoms with Crippen molar-refractivity contribution in [3.63, 3.8) is 0 Å². The maximum atomic E-state index is 12.9. The van der Waals surface area contributed by atoms with Gasteiger partial charge in [-0.05, 0) is 52.3 Å². The van der Waals surface area contributed by atoms with Crippen LogP contribution in [0.3, 0.4) is 0 Å². The second-order valence-electron chi connectivity index (χ2n) is 4.24. The average Bonchev–Trinajstić information content (AvgIpc) is 2.38. The van der Waals surface area contributed by atoms with Crippen molar-refractivity contribution >= 4 is 42.8 Å². The molecule has 3 rings (SSSR count). The Bertz CT molecular complexity index is 854. The van der Waals surface area contributed by atoms with Crippen LogP contribution in [0.25, 0.3) is 22.3 Å². The van der Waals surface area contributed by atoms with Crippen molar-refractivity contribution in [1.29, 1.82) is 0 Å². The van der Waals surface area contributed by atoms with Crippen molar-refractivity contribution in [3.05, 3.63) is 67.5 Å². The van der Waals surface area contributed by atoms with Crippen LogP contribution in [0.5, 0.6) is 0 Å². The third-order valence-corrected chi connectivity index (χ3v) is 3.96. The van der Waals surface area contributed by atoms with Gasteiger partial charge in [-0.25, -0.2) is 4.39 Å². The van der Waals surface area contributed by atoms with E-state index in [-0.39, 0.29) is 11.2 Å². The number of hydrogen-bond donors (Lipinski definition) is 0. The molecule has 0 spiro atoms. The van der Waals surface area contributed by atoms with Gasteiger partial charge in [-0.3, -0.25) is 4.79 Å². The first-order valence-corrected chi connectivity index (χ1v) is 7.32. The van der Waals surface area contributed by atoms with Crippen LogP contribution in [0.2, 0.25) is 0 Å². The molecule has 20 heavy (non-hydrogen) atoms. The summed E-state index contributed by atoms with van der Waals surface area (Å²) >= 11 is 6.71. The second-order valence-corrected chi connectivity index (χ2v) is 6.01. The lowest BCUT2D eigenvalue weighted by Gasteiger charge is -2.05. The zero-order chi connectivity index (χ0) is 14.3. The Morgan fingerprint density at radius 3 is 2.40 bits per heavy atom. The van der Waals surface area contributed by atoms with Crippen molar-refractivity contribution in [1.82, 2.24) is 0 Å². The molecule has 0 saturated carbocycles. The Hall–Kier alpha value is -1.46. The van der Waals surface area contributed by atoms with Crippen LogP contribution in [-0.2, 0) is 0 Å². The fraction of sp³-hybridized carbons (Fsp3) is 0. The highest BCUT2D eigenvalue weighted by Gasteiger charge is 2.10. The summed E-state index contributed by atoms with van der Waals surface area (Å²) in [7, 11) is 0. The molecule has 0 saturated heterocycles. The topological polar surface area (TPSA) is 30.2 Å². The Morgan fingerprint density at radius 2 is 1.70 bits per heavy atom. The fourth-order valence-corrected chi connectivity index (χ4v) is 3.35. The first-order valence-electron chi connectivity index (χ1n) is 5.73. The van der Waals surface area contributed by atoms with Crippen molar-refractivity contribution < 1.29 is 8.81 Å². The fourth-order valence-electron chi connectivity index (χ4n) is 1.97. The smallest absolute Gasteiger partial charge is 0.194 e. The molecule has 0 aliphatic rings. The number of hydrogen-bond acceptors (Lipinski definition) is 2. The van der Waals surface area contributed by atoms with Gasteiger partial charge in [0.1, 0.15) is 17.2 Å². The van der Waals surface area contributed by atoms with Gasteiger partial charge in [0.2, 0.25) is 0 Å². The zero-order valence-electron chi connectivity index (χ0n) is 9.99. The van der Waals surface area contributed by atoms with Gasteiger partial charge < -0.3 is 4.42 Å². The van der Waals surface area contributed by atoms with E-state index in [2.05, 4.69) is 31.9 Å². The minimum absolute atomic E-state index is 0.148. The number of benzene rings is 2. The second kappa shape index (κ2) is 5.14. The Balaban J connectivity index is 2.29. The Labute approximate surface area is 130 Å². The van der Waals surface area contributed by atoms with Crippen molar-refractivity contribution in [2.75, 3.05) is 0 Å². The molecular formula is C15H7Br2FO2. The third kappa shape index (κ3) is 2.43. The number of fused-ring (bicyclic) bond motifs is 1. The molecule has 1 aromatic heterocycles. The number of rotatable bonds is 1. The third-order valence-electron chi connectivity index (χ3n) is 2.88. The molecule has 0 unspecified atom stereocenters. The van der Waals surface area contributed by atoms with Crippen LogP contribution in [-0.4, -0.2) is 0 Å². The number of halogens is 3. The summed E-state index contributed by atoms with van der Waals surface area (Å²) in [6, 6.07) is 10.7. The lowest BCUT2D eigenvalue weighted by Crippen LogP contribution is -2.01. The maximum absolute atomic E-state index is 12.9. The lowest BCUT2D eigenvalue weighted by molar-refractivity contribution is 0.615. The van der Waals surface area contributed by atoms with E-state index in [4.69, 9.17) is 4.42 Å². The highest BCUT2D eigenvalue weighted by molar-refractivity contribution is 9.11. The predicted molar refractivity (Wildman–Crippen MR) is 83.3 cm³/mol. The Kier molecular flexibility index (Phi) is 3.48. The van der Waals surface area contributed by atoms with E-state index in [1.54, 1.807) is 24.3 Å². The van der Waals surface area contributed by atoms with Gasteiger partial charge in [0.15, 0.2) is 5.43 Å². The molecule has 1 heterocycles. The zero-order valence-corrected chi connectivity index (χ0v) is 13.2. The summed E-state index contributed by atoms with van der Waals surface area (Å²) in [6.45, 7) is 0. The lowest BCUT2D eigenvalue weighted by atomic mass is 10.1. The highest BCUT2D eigenvalue weighted by Crippen LogP contribution is 2.29. The van der Waals surface area contributed by atoms with Gasteiger partial charge in [0.05, 0.1) is 5.39 Å². The highest BCUT2D eigenvalue weighted by atomic mass is 79.9. The minimum atomic E-state index is -0.331. The van der Waals surface area contributed by atoms with Crippen molar-refractivity contribution in [2.24, 2.45) is 0 Å². The molecule has 0 fully saturated rings. The van der Waals surface area contributed by atoms with Gasteiger partial charge in [-0.2, -0.15) is 0 Å². The summed E-state index contributed by atoms with van der Waals surface area (Å²) < 4.78 is 20.2. The van der Waals surface area contributed by atoms with E-state index in [9.17, 15) is 9.18 Å². The van der Waals surface area contributed by atoms with E-state index in [1.165, 1.54) is 18.2 Å². The van der Waals surface area contributed by atoms with Crippen LogP contribution >= 0.6 is 31.9 Å². The quantitative estimate of drug-likeness (QED) is 0.570. The average molecular weight is 398 g/mol. The molecule has 0 N–H and O–H groups in total. The van der Waals surface area contributed by atoms with Gasteiger partial charge >= 0.3 is 0 Å². The summed E-state index contributed by atoms with van der Waals surface area (Å²) in [5, 5.41) is 0.485. The monoisotopic (exact) mass is 396 g/mol. The molecule has 5 heteroatoms. The summed E-state index contributed by atoms with van der Waals surface area (Å²) in [5.41, 5.74) is 0.976. The first-order chi connectivity index (χ1) is 9.54. The van der Waals surface area contributed by atoms with E-state index in [1.807, 2.05) is 0 Å². The maximum Gasteiger partial charge on any atom is 0.194 e. The van der Waals surface area contributed by atoms with Crippen LogP contribution in [0, 0.1) is 5.82 Å². The molecule has 0 aliphatic heterocycles. The minimum Gasteiger partial charge on any atom is -0.456 e. The summed E-state index contributed by atoms with van der Waals surface area (Å²) in [4.78, 5) is 12.2. The van der Waals surface area contributed by atoms with Gasteiger partial charge in [0.25, 0.3) is 0 Å². The first kappa shape index (κ1) is 13.5. The van der Waals surface area contributed by atoms with Gasteiger partial charge in [-0.1, -0.05) is 15.9 Å². The Morgan fingerprint density at radius 1 is 1.00 bits per heavy atom. The van der Waals surface area contributed by atoms with Gasteiger partial charge in [0, 0.05) is 20.6 Å². The molecule has 0 amide bonds. The van der Waals surface area contributed by atoms with Crippen LogP contribution in [0.15, 0.2) is 60.6 Å². The molecule has 100 valence electrons. The predicted octanol–water partition coefficient (Wildman–Crippen LogP) is 5.12. The molecular weight excluding hydrogens is 391 g/mol. The molecule has 3 aromatic rings. The van der Waals surface area contributed by atoms with Crippen LogP contribution in [0.1, 0.15) is 0 Å². The molecule has 0 bridgehead atoms. The normalized spacial score (nSPS) is 10.9. The van der Waals surface area contributed by atoms with Crippen LogP contribution < -0.4 is 5.43 Å². The van der Waals surface area contributed by atoms with E-state index < -0.39 is 0 Å². The molecule has 0 atom stereocenters. The molecule has 0 radical (unpaired) electrons.